The number of amides is 2. The van der Waals surface area contributed by atoms with Crippen LogP contribution in [0.5, 0.6) is 5.75 Å². The zero-order chi connectivity index (χ0) is 18.5. The molecule has 0 unspecified atom stereocenters. The van der Waals surface area contributed by atoms with Crippen molar-refractivity contribution in [3.05, 3.63) is 59.7 Å². The van der Waals surface area contributed by atoms with Crippen molar-refractivity contribution in [3.63, 3.8) is 0 Å². The van der Waals surface area contributed by atoms with Crippen molar-refractivity contribution >= 4 is 17.5 Å². The first kappa shape index (κ1) is 18.0. The second-order valence-corrected chi connectivity index (χ2v) is 6.61. The summed E-state index contributed by atoms with van der Waals surface area (Å²) in [6.45, 7) is 5.56. The maximum Gasteiger partial charge on any atom is 0.229 e. The fourth-order valence-electron chi connectivity index (χ4n) is 3.06. The standard InChI is InChI=1S/C21H24N2O3/c1-3-26-19-10-8-18(9-11-19)22-21(25)17-12-20(24)23(14-17)13-16-6-4-15(2)5-7-16/h4-11,17H,3,12-14H2,1-2H3,(H,22,25)/t17-/m1/s1. The lowest BCUT2D eigenvalue weighted by atomic mass is 10.1. The number of nitrogens with one attached hydrogen (secondary N) is 1. The summed E-state index contributed by atoms with van der Waals surface area (Å²) in [5, 5.41) is 2.89. The minimum atomic E-state index is -0.320. The molecule has 2 aromatic carbocycles. The van der Waals surface area contributed by atoms with Crippen molar-refractivity contribution in [2.24, 2.45) is 5.92 Å². The lowest BCUT2D eigenvalue weighted by molar-refractivity contribution is -0.128. The lowest BCUT2D eigenvalue weighted by Crippen LogP contribution is -2.28. The number of carbonyl (C=O) groups excluding carboxylic acids is 2. The van der Waals surface area contributed by atoms with Gasteiger partial charge in [-0.15, -0.1) is 0 Å². The summed E-state index contributed by atoms with van der Waals surface area (Å²) in [6, 6.07) is 15.4. The van der Waals surface area contributed by atoms with E-state index < -0.39 is 0 Å². The predicted molar refractivity (Wildman–Crippen MR) is 101 cm³/mol. The molecule has 0 aliphatic carbocycles. The highest BCUT2D eigenvalue weighted by atomic mass is 16.5. The van der Waals surface area contributed by atoms with Crippen LogP contribution in [-0.2, 0) is 16.1 Å². The molecule has 1 aliphatic rings. The molecule has 3 rings (SSSR count). The molecule has 5 heteroatoms. The van der Waals surface area contributed by atoms with Crippen molar-refractivity contribution in [2.75, 3.05) is 18.5 Å². The minimum Gasteiger partial charge on any atom is -0.494 e. The Kier molecular flexibility index (Phi) is 5.56. The highest BCUT2D eigenvalue weighted by Crippen LogP contribution is 2.23. The summed E-state index contributed by atoms with van der Waals surface area (Å²) in [4.78, 5) is 26.5. The van der Waals surface area contributed by atoms with E-state index in [1.54, 1.807) is 4.90 Å². The molecular formula is C21H24N2O3. The number of carbonyl (C=O) groups is 2. The van der Waals surface area contributed by atoms with Gasteiger partial charge in [-0.05, 0) is 43.7 Å². The summed E-state index contributed by atoms with van der Waals surface area (Å²) in [6.07, 6.45) is 0.259. The lowest BCUT2D eigenvalue weighted by Gasteiger charge is -2.17. The highest BCUT2D eigenvalue weighted by Gasteiger charge is 2.34. The predicted octanol–water partition coefficient (Wildman–Crippen LogP) is 3.38. The zero-order valence-electron chi connectivity index (χ0n) is 15.2. The van der Waals surface area contributed by atoms with Crippen molar-refractivity contribution in [2.45, 2.75) is 26.8 Å². The van der Waals surface area contributed by atoms with Gasteiger partial charge in [-0.3, -0.25) is 9.59 Å². The number of aryl methyl sites for hydroxylation is 1. The third kappa shape index (κ3) is 4.42. The second kappa shape index (κ2) is 8.04. The van der Waals surface area contributed by atoms with Crippen LogP contribution in [0.15, 0.2) is 48.5 Å². The van der Waals surface area contributed by atoms with Crippen LogP contribution in [0.25, 0.3) is 0 Å². The largest absolute Gasteiger partial charge is 0.494 e. The Morgan fingerprint density at radius 1 is 1.15 bits per heavy atom. The average molecular weight is 352 g/mol. The number of anilines is 1. The van der Waals surface area contributed by atoms with Crippen LogP contribution in [0.4, 0.5) is 5.69 Å². The van der Waals surface area contributed by atoms with Gasteiger partial charge < -0.3 is 15.0 Å². The van der Waals surface area contributed by atoms with Crippen LogP contribution in [0, 0.1) is 12.8 Å². The maximum absolute atomic E-state index is 12.5. The number of hydrogen-bond donors (Lipinski definition) is 1. The molecule has 1 aliphatic heterocycles. The topological polar surface area (TPSA) is 58.6 Å². The molecule has 0 bridgehead atoms. The van der Waals surface area contributed by atoms with Crippen molar-refractivity contribution in [1.82, 2.24) is 4.90 Å². The number of hydrogen-bond acceptors (Lipinski definition) is 3. The third-order valence-corrected chi connectivity index (χ3v) is 4.51. The fraction of sp³-hybridized carbons (Fsp3) is 0.333. The number of benzene rings is 2. The van der Waals surface area contributed by atoms with Gasteiger partial charge in [0.05, 0.1) is 12.5 Å². The molecule has 26 heavy (non-hydrogen) atoms. The molecule has 0 spiro atoms. The SMILES string of the molecule is CCOc1ccc(NC(=O)[C@@H]2CC(=O)N(Cc3ccc(C)cc3)C2)cc1. The molecule has 0 aromatic heterocycles. The maximum atomic E-state index is 12.5. The van der Waals surface area contributed by atoms with Gasteiger partial charge in [0.15, 0.2) is 0 Å². The Labute approximate surface area is 154 Å². The normalized spacial score (nSPS) is 16.6. The number of nitrogens with zero attached hydrogens (tertiary/aromatic N) is 1. The first-order valence-electron chi connectivity index (χ1n) is 8.92. The molecule has 0 radical (unpaired) electrons. The number of rotatable bonds is 6. The highest BCUT2D eigenvalue weighted by molar-refractivity contribution is 5.97. The average Bonchev–Trinajstić information content (AvgIpc) is 3.00. The summed E-state index contributed by atoms with van der Waals surface area (Å²) in [5.41, 5.74) is 2.98. The van der Waals surface area contributed by atoms with Crippen LogP contribution >= 0.6 is 0 Å². The van der Waals surface area contributed by atoms with Crippen molar-refractivity contribution in [3.8, 4) is 5.75 Å². The molecule has 2 aromatic rings. The van der Waals surface area contributed by atoms with Crippen molar-refractivity contribution in [1.29, 1.82) is 0 Å². The van der Waals surface area contributed by atoms with Crippen LogP contribution in [0.2, 0.25) is 0 Å². The van der Waals surface area contributed by atoms with E-state index in [0.29, 0.717) is 25.4 Å². The molecule has 1 saturated heterocycles. The fourth-order valence-corrected chi connectivity index (χ4v) is 3.06. The Bertz CT molecular complexity index is 769. The first-order chi connectivity index (χ1) is 12.5. The van der Waals surface area contributed by atoms with Crippen molar-refractivity contribution < 1.29 is 14.3 Å². The van der Waals surface area contributed by atoms with E-state index in [1.165, 1.54) is 5.56 Å². The molecule has 1 heterocycles. The Balaban J connectivity index is 1.57. The van der Waals surface area contributed by atoms with E-state index in [0.717, 1.165) is 11.3 Å². The summed E-state index contributed by atoms with van der Waals surface area (Å²) < 4.78 is 5.39. The van der Waals surface area contributed by atoms with Gasteiger partial charge >= 0.3 is 0 Å². The van der Waals surface area contributed by atoms with Crippen LogP contribution in [0.1, 0.15) is 24.5 Å². The van der Waals surface area contributed by atoms with E-state index in [9.17, 15) is 9.59 Å². The third-order valence-electron chi connectivity index (χ3n) is 4.51. The quantitative estimate of drug-likeness (QED) is 0.867. The molecule has 136 valence electrons. The van der Waals surface area contributed by atoms with Crippen LogP contribution in [-0.4, -0.2) is 29.9 Å². The number of likely N-dealkylation sites (tertiary alicyclic amines) is 1. The van der Waals surface area contributed by atoms with Gasteiger partial charge in [0.25, 0.3) is 0 Å². The summed E-state index contributed by atoms with van der Waals surface area (Å²) in [7, 11) is 0. The van der Waals surface area contributed by atoms with E-state index in [2.05, 4.69) is 5.32 Å². The number of ether oxygens (including phenoxy) is 1. The zero-order valence-corrected chi connectivity index (χ0v) is 15.2. The van der Waals surface area contributed by atoms with Crippen LogP contribution in [0.3, 0.4) is 0 Å². The monoisotopic (exact) mass is 352 g/mol. The van der Waals surface area contributed by atoms with E-state index in [1.807, 2.05) is 62.4 Å². The molecule has 1 fully saturated rings. The molecule has 5 nitrogen and oxygen atoms in total. The van der Waals surface area contributed by atoms with Gasteiger partial charge in [0.2, 0.25) is 11.8 Å². The van der Waals surface area contributed by atoms with E-state index in [-0.39, 0.29) is 24.2 Å². The van der Waals surface area contributed by atoms with E-state index >= 15 is 0 Å². The molecule has 1 N–H and O–H groups in total. The van der Waals surface area contributed by atoms with Crippen LogP contribution < -0.4 is 10.1 Å². The van der Waals surface area contributed by atoms with Gasteiger partial charge in [-0.25, -0.2) is 0 Å². The van der Waals surface area contributed by atoms with Gasteiger partial charge in [0, 0.05) is 25.2 Å². The van der Waals surface area contributed by atoms with Gasteiger partial charge in [-0.2, -0.15) is 0 Å². The second-order valence-electron chi connectivity index (χ2n) is 6.61. The van der Waals surface area contributed by atoms with E-state index in [4.69, 9.17) is 4.74 Å². The molecular weight excluding hydrogens is 328 g/mol. The molecule has 2 amide bonds. The molecule has 0 saturated carbocycles. The Hall–Kier alpha value is -2.82. The summed E-state index contributed by atoms with van der Waals surface area (Å²) >= 11 is 0. The van der Waals surface area contributed by atoms with Gasteiger partial charge in [-0.1, -0.05) is 29.8 Å². The summed E-state index contributed by atoms with van der Waals surface area (Å²) in [5.74, 6) is 0.358. The Morgan fingerprint density at radius 2 is 1.85 bits per heavy atom. The first-order valence-corrected chi connectivity index (χ1v) is 8.92. The molecule has 1 atom stereocenters. The smallest absolute Gasteiger partial charge is 0.229 e. The minimum absolute atomic E-state index is 0.0254. The van der Waals surface area contributed by atoms with Gasteiger partial charge in [0.1, 0.15) is 5.75 Å². The Morgan fingerprint density at radius 3 is 2.50 bits per heavy atom.